The first-order valence-corrected chi connectivity index (χ1v) is 13.2. The van der Waals surface area contributed by atoms with Gasteiger partial charge in [0.1, 0.15) is 11.3 Å². The predicted molar refractivity (Wildman–Crippen MR) is 151 cm³/mol. The molecule has 9 heteroatoms. The van der Waals surface area contributed by atoms with Crippen LogP contribution in [0.3, 0.4) is 0 Å². The molecule has 0 unspecified atom stereocenters. The molecular weight excluding hydrogens is 508 g/mol. The summed E-state index contributed by atoms with van der Waals surface area (Å²) in [5.41, 5.74) is 5.56. The van der Waals surface area contributed by atoms with E-state index < -0.39 is 6.04 Å². The van der Waals surface area contributed by atoms with Crippen LogP contribution in [0.15, 0.2) is 88.7 Å². The quantitative estimate of drug-likeness (QED) is 0.334. The van der Waals surface area contributed by atoms with Gasteiger partial charge in [-0.15, -0.1) is 11.3 Å². The molecule has 4 heterocycles. The Balaban J connectivity index is 1.48. The Bertz CT molecular complexity index is 1960. The SMILES string of the molecule is Cc1nn2cccnc2c1C(=O)N[C@@H](C)c1cc2cccc(C#Cc3cscn3)c2c(=O)n1-c1ccccc1. The first-order chi connectivity index (χ1) is 19.0. The van der Waals surface area contributed by atoms with Crippen LogP contribution in [-0.2, 0) is 0 Å². The fourth-order valence-corrected chi connectivity index (χ4v) is 5.14. The number of nitrogens with one attached hydrogen (secondary N) is 1. The summed E-state index contributed by atoms with van der Waals surface area (Å²) in [5, 5.41) is 10.6. The molecule has 0 spiro atoms. The number of nitrogens with zero attached hydrogens (tertiary/aromatic N) is 5. The number of fused-ring (bicyclic) bond motifs is 2. The number of hydrogen-bond acceptors (Lipinski definition) is 6. The Labute approximate surface area is 227 Å². The van der Waals surface area contributed by atoms with Crippen molar-refractivity contribution >= 4 is 33.7 Å². The molecule has 6 rings (SSSR count). The Hall–Kier alpha value is -5.07. The van der Waals surface area contributed by atoms with E-state index in [2.05, 4.69) is 32.2 Å². The first kappa shape index (κ1) is 24.3. The number of para-hydroxylation sites is 1. The molecule has 0 aliphatic carbocycles. The highest BCUT2D eigenvalue weighted by atomic mass is 32.1. The number of carbonyl (C=O) groups is 1. The lowest BCUT2D eigenvalue weighted by molar-refractivity contribution is 0.0939. The molecular formula is C30H22N6O2S. The molecule has 0 saturated heterocycles. The number of carbonyl (C=O) groups excluding carboxylic acids is 1. The van der Waals surface area contributed by atoms with E-state index in [4.69, 9.17) is 0 Å². The van der Waals surface area contributed by atoms with E-state index in [9.17, 15) is 9.59 Å². The third-order valence-corrected chi connectivity index (χ3v) is 7.02. The van der Waals surface area contributed by atoms with Crippen molar-refractivity contribution < 1.29 is 4.79 Å². The van der Waals surface area contributed by atoms with Crippen molar-refractivity contribution in [2.24, 2.45) is 0 Å². The zero-order valence-corrected chi connectivity index (χ0v) is 21.9. The van der Waals surface area contributed by atoms with Crippen LogP contribution >= 0.6 is 11.3 Å². The third kappa shape index (κ3) is 4.47. The number of thiazole rings is 1. The summed E-state index contributed by atoms with van der Waals surface area (Å²) in [5.74, 6) is 5.86. The molecule has 190 valence electrons. The third-order valence-electron chi connectivity index (χ3n) is 6.44. The highest BCUT2D eigenvalue weighted by Crippen LogP contribution is 2.24. The summed E-state index contributed by atoms with van der Waals surface area (Å²) in [6.07, 6.45) is 3.38. The maximum Gasteiger partial charge on any atom is 0.264 e. The average Bonchev–Trinajstić information content (AvgIpc) is 3.59. The zero-order valence-electron chi connectivity index (χ0n) is 21.1. The maximum absolute atomic E-state index is 14.1. The minimum Gasteiger partial charge on any atom is -0.344 e. The molecule has 4 aromatic heterocycles. The lowest BCUT2D eigenvalue weighted by Crippen LogP contribution is -2.32. The number of pyridine rings is 1. The minimum atomic E-state index is -0.516. The number of amides is 1. The van der Waals surface area contributed by atoms with Crippen LogP contribution in [-0.4, -0.2) is 30.1 Å². The highest BCUT2D eigenvalue weighted by molar-refractivity contribution is 7.07. The monoisotopic (exact) mass is 530 g/mol. The predicted octanol–water partition coefficient (Wildman–Crippen LogP) is 4.69. The van der Waals surface area contributed by atoms with Crippen LogP contribution in [0, 0.1) is 18.8 Å². The van der Waals surface area contributed by atoms with Gasteiger partial charge in [-0.25, -0.2) is 14.5 Å². The number of aromatic nitrogens is 5. The van der Waals surface area contributed by atoms with Crippen molar-refractivity contribution in [1.29, 1.82) is 0 Å². The molecule has 39 heavy (non-hydrogen) atoms. The molecule has 0 saturated carbocycles. The van der Waals surface area contributed by atoms with E-state index in [1.165, 1.54) is 11.3 Å². The van der Waals surface area contributed by atoms with Crippen molar-refractivity contribution in [3.8, 4) is 17.5 Å². The second-order valence-electron chi connectivity index (χ2n) is 8.98. The van der Waals surface area contributed by atoms with Crippen LogP contribution in [0.5, 0.6) is 0 Å². The second kappa shape index (κ2) is 10.0. The van der Waals surface area contributed by atoms with Crippen LogP contribution in [0.1, 0.15) is 46.0 Å². The van der Waals surface area contributed by atoms with Crippen molar-refractivity contribution in [2.45, 2.75) is 19.9 Å². The number of benzene rings is 2. The molecule has 2 aromatic carbocycles. The Morgan fingerprint density at radius 1 is 1.05 bits per heavy atom. The lowest BCUT2D eigenvalue weighted by Gasteiger charge is -2.21. The lowest BCUT2D eigenvalue weighted by atomic mass is 10.0. The summed E-state index contributed by atoms with van der Waals surface area (Å²) in [6, 6.07) is 18.2. The van der Waals surface area contributed by atoms with E-state index in [0.717, 1.165) is 5.39 Å². The van der Waals surface area contributed by atoms with Gasteiger partial charge in [0.2, 0.25) is 0 Å². The molecule has 0 aliphatic rings. The van der Waals surface area contributed by atoms with E-state index in [-0.39, 0.29) is 11.5 Å². The summed E-state index contributed by atoms with van der Waals surface area (Å²) in [7, 11) is 0. The van der Waals surface area contributed by atoms with Crippen LogP contribution < -0.4 is 10.9 Å². The standard InChI is InChI=1S/C30H22N6O2S/c1-19(33-29(37)26-20(2)34-35-15-7-14-31-28(26)35)25-16-22-9-6-8-21(12-13-23-17-39-18-32-23)27(22)30(38)36(25)24-10-4-3-5-11-24/h3-11,14-19H,1-2H3,(H,33,37)/t19-/m0/s1. The van der Waals surface area contributed by atoms with Crippen LogP contribution in [0.25, 0.3) is 22.1 Å². The molecule has 0 bridgehead atoms. The molecule has 6 aromatic rings. The molecule has 0 radical (unpaired) electrons. The highest BCUT2D eigenvalue weighted by Gasteiger charge is 2.23. The van der Waals surface area contributed by atoms with Gasteiger partial charge >= 0.3 is 0 Å². The Kier molecular flexibility index (Phi) is 6.23. The Morgan fingerprint density at radius 2 is 1.90 bits per heavy atom. The normalized spacial score (nSPS) is 11.7. The van der Waals surface area contributed by atoms with Crippen molar-refractivity contribution in [1.82, 2.24) is 29.5 Å². The molecule has 1 N–H and O–H groups in total. The topological polar surface area (TPSA) is 94.2 Å². The van der Waals surface area contributed by atoms with Crippen LogP contribution in [0.4, 0.5) is 0 Å². The number of rotatable bonds is 4. The van der Waals surface area contributed by atoms with Gasteiger partial charge in [-0.3, -0.25) is 14.2 Å². The van der Waals surface area contributed by atoms with Crippen molar-refractivity contribution in [3.63, 3.8) is 0 Å². The number of hydrogen-bond donors (Lipinski definition) is 1. The first-order valence-electron chi connectivity index (χ1n) is 12.3. The Morgan fingerprint density at radius 3 is 2.69 bits per heavy atom. The largest absolute Gasteiger partial charge is 0.344 e. The minimum absolute atomic E-state index is 0.216. The fourth-order valence-electron chi connectivity index (χ4n) is 4.66. The van der Waals surface area contributed by atoms with E-state index in [0.29, 0.717) is 44.9 Å². The van der Waals surface area contributed by atoms with E-state index >= 15 is 0 Å². The summed E-state index contributed by atoms with van der Waals surface area (Å²) in [4.78, 5) is 36.1. The maximum atomic E-state index is 14.1. The van der Waals surface area contributed by atoms with Gasteiger partial charge in [0.05, 0.1) is 22.6 Å². The molecule has 0 fully saturated rings. The molecule has 8 nitrogen and oxygen atoms in total. The van der Waals surface area contributed by atoms with Crippen LogP contribution in [0.2, 0.25) is 0 Å². The average molecular weight is 531 g/mol. The van der Waals surface area contributed by atoms with E-state index in [1.54, 1.807) is 40.0 Å². The second-order valence-corrected chi connectivity index (χ2v) is 9.70. The van der Waals surface area contributed by atoms with Gasteiger partial charge in [-0.05, 0) is 55.5 Å². The van der Waals surface area contributed by atoms with Crippen molar-refractivity contribution in [2.75, 3.05) is 0 Å². The van der Waals surface area contributed by atoms with E-state index in [1.807, 2.05) is 66.9 Å². The molecule has 1 atom stereocenters. The summed E-state index contributed by atoms with van der Waals surface area (Å²) < 4.78 is 3.22. The van der Waals surface area contributed by atoms with Gasteiger partial charge in [-0.2, -0.15) is 5.10 Å². The van der Waals surface area contributed by atoms with Gasteiger partial charge in [0, 0.05) is 34.7 Å². The van der Waals surface area contributed by atoms with Gasteiger partial charge in [-0.1, -0.05) is 36.3 Å². The fraction of sp³-hybridized carbons (Fsp3) is 0.100. The molecule has 0 aliphatic heterocycles. The zero-order chi connectivity index (χ0) is 26.9. The summed E-state index contributed by atoms with van der Waals surface area (Å²) in [6.45, 7) is 3.64. The molecule has 1 amide bonds. The van der Waals surface area contributed by atoms with Crippen molar-refractivity contribution in [3.05, 3.63) is 123 Å². The van der Waals surface area contributed by atoms with Gasteiger partial charge < -0.3 is 5.32 Å². The smallest absolute Gasteiger partial charge is 0.264 e. The van der Waals surface area contributed by atoms with Gasteiger partial charge in [0.15, 0.2) is 5.65 Å². The number of aryl methyl sites for hydroxylation is 1. The summed E-state index contributed by atoms with van der Waals surface area (Å²) >= 11 is 1.47. The van der Waals surface area contributed by atoms with Gasteiger partial charge in [0.25, 0.3) is 11.5 Å².